The van der Waals surface area contributed by atoms with E-state index in [4.69, 9.17) is 17.3 Å². The van der Waals surface area contributed by atoms with Crippen molar-refractivity contribution in [1.29, 1.82) is 0 Å². The van der Waals surface area contributed by atoms with Crippen LogP contribution in [0.1, 0.15) is 10.4 Å². The molecule has 108 valence electrons. The fourth-order valence-corrected chi connectivity index (χ4v) is 4.75. The third-order valence-corrected chi connectivity index (χ3v) is 6.44. The van der Waals surface area contributed by atoms with Crippen molar-refractivity contribution >= 4 is 54.6 Å². The average molecular weight is 396 g/mol. The summed E-state index contributed by atoms with van der Waals surface area (Å²) >= 11 is 10.7. The number of halogens is 2. The molecular weight excluding hydrogens is 384 g/mol. The van der Waals surface area contributed by atoms with Crippen LogP contribution in [0.4, 0.5) is 5.69 Å². The molecule has 1 aromatic heterocycles. The Balaban J connectivity index is 2.29. The molecule has 0 aliphatic rings. The number of sulfonamides is 1. The van der Waals surface area contributed by atoms with Crippen LogP contribution in [0.3, 0.4) is 0 Å². The fourth-order valence-electron chi connectivity index (χ4n) is 1.64. The van der Waals surface area contributed by atoms with Gasteiger partial charge in [-0.2, -0.15) is 0 Å². The van der Waals surface area contributed by atoms with Gasteiger partial charge >= 0.3 is 0 Å². The molecule has 1 aromatic carbocycles. The Bertz CT molecular complexity index is 744. The van der Waals surface area contributed by atoms with E-state index in [0.29, 0.717) is 16.3 Å². The predicted octanol–water partition coefficient (Wildman–Crippen LogP) is 3.53. The second kappa shape index (κ2) is 6.03. The Morgan fingerprint density at radius 3 is 2.75 bits per heavy atom. The number of benzene rings is 1. The summed E-state index contributed by atoms with van der Waals surface area (Å²) in [5.74, 6) is 0. The zero-order valence-corrected chi connectivity index (χ0v) is 14.5. The summed E-state index contributed by atoms with van der Waals surface area (Å²) in [5.41, 5.74) is 6.60. The molecule has 20 heavy (non-hydrogen) atoms. The van der Waals surface area contributed by atoms with Gasteiger partial charge in [-0.1, -0.05) is 11.6 Å². The molecule has 0 spiro atoms. The molecule has 4 nitrogen and oxygen atoms in total. The topological polar surface area (TPSA) is 72.2 Å². The van der Waals surface area contributed by atoms with Crippen LogP contribution in [-0.2, 0) is 16.6 Å². The number of hydrogen-bond acceptors (Lipinski definition) is 4. The van der Waals surface area contributed by atoms with E-state index in [1.165, 1.54) is 23.5 Å². The average Bonchev–Trinajstić information content (AvgIpc) is 2.77. The molecule has 0 radical (unpaired) electrons. The molecule has 8 heteroatoms. The minimum Gasteiger partial charge on any atom is -0.398 e. The molecule has 0 fully saturated rings. The highest BCUT2D eigenvalue weighted by Crippen LogP contribution is 2.27. The van der Waals surface area contributed by atoms with Gasteiger partial charge in [0, 0.05) is 26.6 Å². The highest BCUT2D eigenvalue weighted by atomic mass is 79.9. The predicted molar refractivity (Wildman–Crippen MR) is 86.6 cm³/mol. The molecule has 0 bridgehead atoms. The van der Waals surface area contributed by atoms with E-state index in [9.17, 15) is 8.42 Å². The maximum atomic E-state index is 12.3. The van der Waals surface area contributed by atoms with Gasteiger partial charge in [0.05, 0.1) is 4.90 Å². The fraction of sp³-hybridized carbons (Fsp3) is 0.167. The molecule has 0 saturated carbocycles. The molecule has 0 atom stereocenters. The van der Waals surface area contributed by atoms with E-state index in [2.05, 4.69) is 20.7 Å². The monoisotopic (exact) mass is 394 g/mol. The number of hydrogen-bond donors (Lipinski definition) is 2. The van der Waals surface area contributed by atoms with Gasteiger partial charge in [-0.25, -0.2) is 13.1 Å². The maximum Gasteiger partial charge on any atom is 0.241 e. The van der Waals surface area contributed by atoms with E-state index in [1.54, 1.807) is 6.92 Å². The lowest BCUT2D eigenvalue weighted by atomic mass is 10.2. The third kappa shape index (κ3) is 3.35. The van der Waals surface area contributed by atoms with Gasteiger partial charge in [-0.15, -0.1) is 11.3 Å². The first kappa shape index (κ1) is 15.8. The first-order valence-corrected chi connectivity index (χ1v) is 9.12. The minimum atomic E-state index is -3.66. The minimum absolute atomic E-state index is 0.107. The third-order valence-electron chi connectivity index (χ3n) is 2.77. The van der Waals surface area contributed by atoms with Crippen molar-refractivity contribution in [2.24, 2.45) is 0 Å². The van der Waals surface area contributed by atoms with Crippen LogP contribution >= 0.6 is 38.9 Å². The van der Waals surface area contributed by atoms with E-state index in [1.807, 2.05) is 11.4 Å². The molecule has 1 heterocycles. The summed E-state index contributed by atoms with van der Waals surface area (Å²) < 4.78 is 28.1. The van der Waals surface area contributed by atoms with Gasteiger partial charge in [-0.05, 0) is 52.0 Å². The highest BCUT2D eigenvalue weighted by Gasteiger charge is 2.19. The normalized spacial score (nSPS) is 11.8. The van der Waals surface area contributed by atoms with Gasteiger partial charge in [0.2, 0.25) is 10.0 Å². The Morgan fingerprint density at radius 2 is 2.15 bits per heavy atom. The molecule has 0 unspecified atom stereocenters. The first-order chi connectivity index (χ1) is 9.31. The summed E-state index contributed by atoms with van der Waals surface area (Å²) in [6.07, 6.45) is 0. The zero-order chi connectivity index (χ0) is 14.9. The Kier molecular flexibility index (Phi) is 4.76. The van der Waals surface area contributed by atoms with Crippen LogP contribution < -0.4 is 10.5 Å². The van der Waals surface area contributed by atoms with Crippen LogP contribution in [0.25, 0.3) is 0 Å². The number of rotatable bonds is 4. The summed E-state index contributed by atoms with van der Waals surface area (Å²) in [6.45, 7) is 1.87. The highest BCUT2D eigenvalue weighted by molar-refractivity contribution is 9.10. The smallest absolute Gasteiger partial charge is 0.241 e. The van der Waals surface area contributed by atoms with E-state index >= 15 is 0 Å². The van der Waals surface area contributed by atoms with Crippen molar-refractivity contribution in [3.8, 4) is 0 Å². The van der Waals surface area contributed by atoms with Crippen molar-refractivity contribution in [2.45, 2.75) is 18.4 Å². The van der Waals surface area contributed by atoms with Crippen LogP contribution in [0, 0.1) is 6.92 Å². The van der Waals surface area contributed by atoms with Crippen molar-refractivity contribution in [3.05, 3.63) is 43.5 Å². The standard InChI is InChI=1S/C12H12BrClN2O2S2/c1-7-10(15)4-8(14)5-12(7)20(17,18)16-6-11-9(13)2-3-19-11/h2-5,16H,6,15H2,1H3. The Labute approximate surface area is 135 Å². The summed E-state index contributed by atoms with van der Waals surface area (Å²) in [7, 11) is -3.66. The molecule has 0 aliphatic carbocycles. The van der Waals surface area contributed by atoms with Crippen molar-refractivity contribution in [2.75, 3.05) is 5.73 Å². The van der Waals surface area contributed by atoms with Gasteiger partial charge < -0.3 is 5.73 Å². The second-order valence-corrected chi connectivity index (χ2v) is 8.16. The lowest BCUT2D eigenvalue weighted by molar-refractivity contribution is 0.581. The summed E-state index contributed by atoms with van der Waals surface area (Å²) in [5, 5.41) is 2.18. The summed E-state index contributed by atoms with van der Waals surface area (Å²) in [4.78, 5) is 1.01. The van der Waals surface area contributed by atoms with Crippen LogP contribution in [0.15, 0.2) is 32.9 Å². The van der Waals surface area contributed by atoms with Crippen LogP contribution in [0.5, 0.6) is 0 Å². The quantitative estimate of drug-likeness (QED) is 0.778. The molecule has 0 saturated heterocycles. The molecule has 0 aliphatic heterocycles. The van der Waals surface area contributed by atoms with E-state index in [-0.39, 0.29) is 11.4 Å². The van der Waals surface area contributed by atoms with Crippen molar-refractivity contribution in [1.82, 2.24) is 4.72 Å². The lowest BCUT2D eigenvalue weighted by Gasteiger charge is -2.11. The number of nitrogens with one attached hydrogen (secondary N) is 1. The second-order valence-electron chi connectivity index (χ2n) is 4.13. The van der Waals surface area contributed by atoms with Gasteiger partial charge in [0.15, 0.2) is 0 Å². The van der Waals surface area contributed by atoms with Gasteiger partial charge in [-0.3, -0.25) is 0 Å². The van der Waals surface area contributed by atoms with E-state index in [0.717, 1.165) is 9.35 Å². The maximum absolute atomic E-state index is 12.3. The molecule has 0 amide bonds. The molecule has 2 rings (SSSR count). The van der Waals surface area contributed by atoms with Gasteiger partial charge in [0.1, 0.15) is 0 Å². The van der Waals surface area contributed by atoms with Crippen molar-refractivity contribution < 1.29 is 8.42 Å². The van der Waals surface area contributed by atoms with Crippen LogP contribution in [0.2, 0.25) is 5.02 Å². The number of nitrogen functional groups attached to an aromatic ring is 1. The van der Waals surface area contributed by atoms with Crippen LogP contribution in [-0.4, -0.2) is 8.42 Å². The van der Waals surface area contributed by atoms with E-state index < -0.39 is 10.0 Å². The number of anilines is 1. The summed E-state index contributed by atoms with van der Waals surface area (Å²) in [6, 6.07) is 4.81. The largest absolute Gasteiger partial charge is 0.398 e. The van der Waals surface area contributed by atoms with Gasteiger partial charge in [0.25, 0.3) is 0 Å². The SMILES string of the molecule is Cc1c(N)cc(Cl)cc1S(=O)(=O)NCc1sccc1Br. The Hall–Kier alpha value is -0.600. The molecule has 3 N–H and O–H groups in total. The zero-order valence-electron chi connectivity index (χ0n) is 10.5. The number of thiophene rings is 1. The Morgan fingerprint density at radius 1 is 1.45 bits per heavy atom. The lowest BCUT2D eigenvalue weighted by Crippen LogP contribution is -2.24. The molecular formula is C12H12BrClN2O2S2. The first-order valence-electron chi connectivity index (χ1n) is 5.58. The van der Waals surface area contributed by atoms with Crippen molar-refractivity contribution in [3.63, 3.8) is 0 Å². The number of nitrogens with two attached hydrogens (primary N) is 1. The molecule has 2 aromatic rings.